The van der Waals surface area contributed by atoms with Crippen molar-refractivity contribution in [2.24, 2.45) is 0 Å². The van der Waals surface area contributed by atoms with E-state index in [1.807, 2.05) is 25.1 Å². The number of rotatable bonds is 7. The third-order valence-electron chi connectivity index (χ3n) is 4.18. The lowest BCUT2D eigenvalue weighted by Crippen LogP contribution is -3.00. The molecule has 0 unspecified atom stereocenters. The van der Waals surface area contributed by atoms with Crippen molar-refractivity contribution >= 4 is 34.6 Å². The first-order valence-corrected chi connectivity index (χ1v) is 9.15. The highest BCUT2D eigenvalue weighted by atomic mass is 35.5. The Morgan fingerprint density at radius 2 is 1.82 bits per heavy atom. The highest BCUT2D eigenvalue weighted by molar-refractivity contribution is 6.30. The molecule has 0 atom stereocenters. The van der Waals surface area contributed by atoms with Crippen molar-refractivity contribution in [3.8, 4) is 6.07 Å². The lowest BCUT2D eigenvalue weighted by molar-refractivity contribution is -0.112. The Kier molecular flexibility index (Phi) is 9.37. The highest BCUT2D eigenvalue weighted by Crippen LogP contribution is 2.23. The molecule has 0 saturated carbocycles. The Morgan fingerprint density at radius 3 is 2.36 bits per heavy atom. The number of anilines is 3. The summed E-state index contributed by atoms with van der Waals surface area (Å²) in [5.74, 6) is -0.482. The number of amides is 1. The maximum Gasteiger partial charge on any atom is 0.267 e. The minimum Gasteiger partial charge on any atom is -1.00 e. The Labute approximate surface area is 177 Å². The lowest BCUT2D eigenvalue weighted by Gasteiger charge is -2.22. The summed E-state index contributed by atoms with van der Waals surface area (Å²) in [6.45, 7) is 8.10. The van der Waals surface area contributed by atoms with Crippen LogP contribution in [0.25, 0.3) is 0 Å². The Hall–Kier alpha value is -2.68. The number of carbonyl (C=O) groups excluding carboxylic acids is 1. The van der Waals surface area contributed by atoms with Crippen molar-refractivity contribution in [3.63, 3.8) is 0 Å². The van der Waals surface area contributed by atoms with Crippen LogP contribution in [0.2, 0.25) is 5.02 Å². The number of nitrogens with zero attached hydrogens (tertiary/aromatic N) is 2. The number of aryl methyl sites for hydroxylation is 1. The molecule has 2 N–H and O–H groups in total. The quantitative estimate of drug-likeness (QED) is 0.533. The number of hydrogen-bond acceptors (Lipinski definition) is 4. The van der Waals surface area contributed by atoms with Gasteiger partial charge in [0, 0.05) is 41.4 Å². The van der Waals surface area contributed by atoms with Crippen molar-refractivity contribution in [1.82, 2.24) is 0 Å². The molecule has 0 bridgehead atoms. The summed E-state index contributed by atoms with van der Waals surface area (Å²) in [5.41, 5.74) is 3.58. The van der Waals surface area contributed by atoms with Gasteiger partial charge >= 0.3 is 0 Å². The largest absolute Gasteiger partial charge is 1.00 e. The average Bonchev–Trinajstić information content (AvgIpc) is 2.66. The smallest absolute Gasteiger partial charge is 0.267 e. The molecular formula is C21H23Cl2N4O-. The Balaban J connectivity index is 0.00000392. The molecule has 2 aromatic rings. The van der Waals surface area contributed by atoms with Crippen LogP contribution in [0.1, 0.15) is 19.4 Å². The van der Waals surface area contributed by atoms with Gasteiger partial charge in [0.25, 0.3) is 5.91 Å². The minimum atomic E-state index is -0.482. The van der Waals surface area contributed by atoms with Crippen LogP contribution in [0, 0.1) is 18.3 Å². The van der Waals surface area contributed by atoms with Gasteiger partial charge in [0.05, 0.1) is 0 Å². The molecule has 0 aliphatic rings. The molecule has 2 aromatic carbocycles. The fourth-order valence-electron chi connectivity index (χ4n) is 2.63. The first-order valence-electron chi connectivity index (χ1n) is 8.77. The predicted molar refractivity (Wildman–Crippen MR) is 112 cm³/mol. The zero-order chi connectivity index (χ0) is 19.8. The van der Waals surface area contributed by atoms with Gasteiger partial charge < -0.3 is 27.9 Å². The van der Waals surface area contributed by atoms with Gasteiger partial charge in [-0.25, -0.2) is 0 Å². The molecule has 0 aliphatic heterocycles. The second-order valence-corrected chi connectivity index (χ2v) is 6.38. The number of halogens is 2. The van der Waals surface area contributed by atoms with Crippen LogP contribution >= 0.6 is 11.6 Å². The summed E-state index contributed by atoms with van der Waals surface area (Å²) >= 11 is 5.83. The summed E-state index contributed by atoms with van der Waals surface area (Å²) in [6.07, 6.45) is 1.42. The van der Waals surface area contributed by atoms with E-state index in [4.69, 9.17) is 11.6 Å². The average molecular weight is 418 g/mol. The van der Waals surface area contributed by atoms with E-state index >= 15 is 0 Å². The van der Waals surface area contributed by atoms with Gasteiger partial charge in [0.2, 0.25) is 0 Å². The summed E-state index contributed by atoms with van der Waals surface area (Å²) in [5, 5.41) is 15.6. The molecule has 0 radical (unpaired) electrons. The summed E-state index contributed by atoms with van der Waals surface area (Å²) in [7, 11) is 0. The topological polar surface area (TPSA) is 68.2 Å². The van der Waals surface area contributed by atoms with Gasteiger partial charge in [-0.3, -0.25) is 4.79 Å². The normalized spacial score (nSPS) is 10.5. The fourth-order valence-corrected chi connectivity index (χ4v) is 2.75. The lowest BCUT2D eigenvalue weighted by atomic mass is 10.1. The Bertz CT molecular complexity index is 869. The van der Waals surface area contributed by atoms with Crippen LogP contribution in [0.4, 0.5) is 17.1 Å². The molecule has 0 heterocycles. The summed E-state index contributed by atoms with van der Waals surface area (Å²) in [6, 6.07) is 14.7. The van der Waals surface area contributed by atoms with Crippen molar-refractivity contribution in [3.05, 3.63) is 64.8 Å². The molecule has 5 nitrogen and oxygen atoms in total. The first kappa shape index (κ1) is 23.4. The van der Waals surface area contributed by atoms with E-state index in [-0.39, 0.29) is 18.0 Å². The fraction of sp³-hybridized carbons (Fsp3) is 0.238. The van der Waals surface area contributed by atoms with E-state index in [0.29, 0.717) is 10.7 Å². The predicted octanol–water partition coefficient (Wildman–Crippen LogP) is 1.96. The van der Waals surface area contributed by atoms with E-state index in [2.05, 4.69) is 35.4 Å². The minimum absolute atomic E-state index is 0. The van der Waals surface area contributed by atoms with Gasteiger partial charge in [0.1, 0.15) is 11.6 Å². The van der Waals surface area contributed by atoms with E-state index in [1.165, 1.54) is 6.20 Å². The third kappa shape index (κ3) is 6.19. The number of nitrogens with one attached hydrogen (secondary N) is 2. The van der Waals surface area contributed by atoms with Crippen LogP contribution in [0.5, 0.6) is 0 Å². The zero-order valence-electron chi connectivity index (χ0n) is 16.1. The van der Waals surface area contributed by atoms with Gasteiger partial charge in [0.15, 0.2) is 0 Å². The molecule has 148 valence electrons. The first-order chi connectivity index (χ1) is 13.0. The third-order valence-corrected chi connectivity index (χ3v) is 4.43. The molecule has 0 saturated heterocycles. The standard InChI is InChI=1S/C21H23ClN4O.ClH/c1-4-26(5-2)19-10-11-20(15(3)12-19)24-14-16(13-23)21(27)25-18-8-6-17(22)7-9-18;/h6-12,14,24H,4-5H2,1-3H3,(H,25,27);1H/p-1/b16-14-;. The van der Waals surface area contributed by atoms with Crippen molar-refractivity contribution in [2.45, 2.75) is 20.8 Å². The van der Waals surface area contributed by atoms with Crippen LogP contribution in [0.15, 0.2) is 54.2 Å². The molecule has 7 heteroatoms. The Morgan fingerprint density at radius 1 is 1.18 bits per heavy atom. The van der Waals surface area contributed by atoms with E-state index in [1.54, 1.807) is 24.3 Å². The molecule has 1 amide bonds. The SMILES string of the molecule is CCN(CC)c1ccc(N/C=C(/C#N)C(=O)Nc2ccc(Cl)cc2)c(C)c1.[Cl-]. The molecule has 0 spiro atoms. The summed E-state index contributed by atoms with van der Waals surface area (Å²) in [4.78, 5) is 14.5. The van der Waals surface area contributed by atoms with Crippen LogP contribution in [-0.2, 0) is 4.79 Å². The molecular weight excluding hydrogens is 395 g/mol. The zero-order valence-corrected chi connectivity index (χ0v) is 17.6. The molecule has 0 aromatic heterocycles. The second-order valence-electron chi connectivity index (χ2n) is 5.95. The molecule has 2 rings (SSSR count). The van der Waals surface area contributed by atoms with Crippen LogP contribution in [-0.4, -0.2) is 19.0 Å². The van der Waals surface area contributed by atoms with Gasteiger partial charge in [-0.1, -0.05) is 11.6 Å². The van der Waals surface area contributed by atoms with Gasteiger partial charge in [-0.2, -0.15) is 5.26 Å². The van der Waals surface area contributed by atoms with E-state index in [0.717, 1.165) is 30.0 Å². The maximum atomic E-state index is 12.3. The van der Waals surface area contributed by atoms with Crippen LogP contribution < -0.4 is 27.9 Å². The van der Waals surface area contributed by atoms with E-state index < -0.39 is 5.91 Å². The highest BCUT2D eigenvalue weighted by Gasteiger charge is 2.10. The number of hydrogen-bond donors (Lipinski definition) is 2. The number of benzene rings is 2. The number of carbonyl (C=O) groups is 1. The van der Waals surface area contributed by atoms with Gasteiger partial charge in [-0.05, 0) is 68.8 Å². The second kappa shape index (κ2) is 11.2. The number of nitriles is 1. The van der Waals surface area contributed by atoms with E-state index in [9.17, 15) is 10.1 Å². The molecule has 0 fully saturated rings. The van der Waals surface area contributed by atoms with Crippen molar-refractivity contribution in [1.29, 1.82) is 5.26 Å². The molecule has 28 heavy (non-hydrogen) atoms. The molecule has 0 aliphatic carbocycles. The van der Waals surface area contributed by atoms with Crippen LogP contribution in [0.3, 0.4) is 0 Å². The maximum absolute atomic E-state index is 12.3. The van der Waals surface area contributed by atoms with Gasteiger partial charge in [-0.15, -0.1) is 0 Å². The monoisotopic (exact) mass is 417 g/mol. The van der Waals surface area contributed by atoms with Crippen molar-refractivity contribution < 1.29 is 17.2 Å². The van der Waals surface area contributed by atoms with Crippen molar-refractivity contribution in [2.75, 3.05) is 28.6 Å². The summed E-state index contributed by atoms with van der Waals surface area (Å²) < 4.78 is 0.